The zero-order chi connectivity index (χ0) is 24.7. The van der Waals surface area contributed by atoms with Crippen molar-refractivity contribution >= 4 is 16.9 Å². The number of benzene rings is 3. The van der Waals surface area contributed by atoms with Gasteiger partial charge in [-0.15, -0.1) is 0 Å². The molecule has 4 aromatic rings. The molecule has 6 heteroatoms. The van der Waals surface area contributed by atoms with E-state index in [1.165, 1.54) is 16.7 Å². The maximum atomic E-state index is 13.0. The van der Waals surface area contributed by atoms with E-state index >= 15 is 0 Å². The van der Waals surface area contributed by atoms with Gasteiger partial charge in [-0.3, -0.25) is 9.69 Å². The van der Waals surface area contributed by atoms with Crippen LogP contribution in [-0.2, 0) is 17.9 Å². The highest BCUT2D eigenvalue weighted by atomic mass is 16.2. The molecule has 1 amide bonds. The minimum atomic E-state index is -0.173. The summed E-state index contributed by atoms with van der Waals surface area (Å²) in [5.74, 6) is 0.683. The molecule has 186 valence electrons. The van der Waals surface area contributed by atoms with Gasteiger partial charge < -0.3 is 14.9 Å². The molecule has 1 saturated heterocycles. The molecule has 0 atom stereocenters. The number of piperidine rings is 1. The maximum absolute atomic E-state index is 13.0. The van der Waals surface area contributed by atoms with Crippen molar-refractivity contribution in [2.24, 2.45) is 0 Å². The Morgan fingerprint density at radius 3 is 2.08 bits per heavy atom. The van der Waals surface area contributed by atoms with Crippen molar-refractivity contribution in [3.63, 3.8) is 0 Å². The van der Waals surface area contributed by atoms with Gasteiger partial charge in [0.25, 0.3) is 0 Å². The lowest BCUT2D eigenvalue weighted by Crippen LogP contribution is -2.38. The first kappa shape index (κ1) is 24.1. The summed E-state index contributed by atoms with van der Waals surface area (Å²) in [4.78, 5) is 34.6. The van der Waals surface area contributed by atoms with Gasteiger partial charge in [0.05, 0.1) is 11.0 Å². The van der Waals surface area contributed by atoms with Crippen LogP contribution >= 0.6 is 0 Å². The van der Waals surface area contributed by atoms with E-state index in [4.69, 9.17) is 0 Å². The molecule has 0 spiro atoms. The molecular formula is C30H34N4O2. The first-order valence-electron chi connectivity index (χ1n) is 12.9. The van der Waals surface area contributed by atoms with E-state index in [-0.39, 0.29) is 11.6 Å². The van der Waals surface area contributed by atoms with E-state index in [1.54, 1.807) is 0 Å². The second-order valence-corrected chi connectivity index (χ2v) is 9.82. The van der Waals surface area contributed by atoms with Crippen LogP contribution in [0, 0.1) is 0 Å². The minimum absolute atomic E-state index is 0.173. The number of nitrogens with one attached hydrogen (secondary N) is 2. The molecule has 0 bridgehead atoms. The van der Waals surface area contributed by atoms with Gasteiger partial charge in [0.2, 0.25) is 5.91 Å². The van der Waals surface area contributed by atoms with Crippen molar-refractivity contribution in [2.75, 3.05) is 19.6 Å². The summed E-state index contributed by atoms with van der Waals surface area (Å²) in [7, 11) is 0. The Bertz CT molecular complexity index is 1280. The number of aromatic nitrogens is 2. The van der Waals surface area contributed by atoms with Crippen LogP contribution in [0.5, 0.6) is 0 Å². The molecule has 0 radical (unpaired) electrons. The molecule has 0 saturated carbocycles. The van der Waals surface area contributed by atoms with E-state index in [2.05, 4.69) is 75.5 Å². The average Bonchev–Trinajstić information content (AvgIpc) is 3.29. The molecule has 1 aromatic heterocycles. The number of carbonyl (C=O) groups is 1. The van der Waals surface area contributed by atoms with Crippen LogP contribution in [0.1, 0.15) is 48.3 Å². The fraction of sp³-hybridized carbons (Fsp3) is 0.333. The van der Waals surface area contributed by atoms with Crippen molar-refractivity contribution in [3.8, 4) is 0 Å². The molecule has 0 aliphatic carbocycles. The number of rotatable bonds is 9. The van der Waals surface area contributed by atoms with Gasteiger partial charge in [-0.25, -0.2) is 4.79 Å². The Kier molecular flexibility index (Phi) is 7.62. The summed E-state index contributed by atoms with van der Waals surface area (Å²) in [6.45, 7) is 4.24. The van der Waals surface area contributed by atoms with Crippen LogP contribution in [0.25, 0.3) is 11.0 Å². The van der Waals surface area contributed by atoms with E-state index in [1.807, 2.05) is 23.1 Å². The number of H-pyrrole nitrogens is 2. The fourth-order valence-corrected chi connectivity index (χ4v) is 5.28. The number of hydrogen-bond acceptors (Lipinski definition) is 3. The standard InChI is InChI=1S/C30H34N4O2/c35-29(34-18-15-25(16-19-34)26-13-14-27-28(20-26)32-30(36)31-27)12-7-17-33(21-23-8-3-1-4-9-23)22-24-10-5-2-6-11-24/h1-6,8-11,13-14,20,25H,7,12,15-19,21-22H2,(H2,31,32,36). The van der Waals surface area contributed by atoms with Gasteiger partial charge >= 0.3 is 5.69 Å². The summed E-state index contributed by atoms with van der Waals surface area (Å²) in [5.41, 5.74) is 5.35. The first-order chi connectivity index (χ1) is 17.6. The number of likely N-dealkylation sites (tertiary alicyclic amines) is 1. The molecule has 2 heterocycles. The highest BCUT2D eigenvalue weighted by Gasteiger charge is 2.24. The predicted molar refractivity (Wildman–Crippen MR) is 144 cm³/mol. The third-order valence-corrected chi connectivity index (χ3v) is 7.22. The Labute approximate surface area is 212 Å². The maximum Gasteiger partial charge on any atom is 0.323 e. The Balaban J connectivity index is 1.12. The number of carbonyl (C=O) groups excluding carboxylic acids is 1. The quantitative estimate of drug-likeness (QED) is 0.351. The summed E-state index contributed by atoms with van der Waals surface area (Å²) in [6.07, 6.45) is 3.36. The molecule has 6 nitrogen and oxygen atoms in total. The monoisotopic (exact) mass is 482 g/mol. The van der Waals surface area contributed by atoms with Crippen molar-refractivity contribution in [1.82, 2.24) is 19.8 Å². The summed E-state index contributed by atoms with van der Waals surface area (Å²) >= 11 is 0. The average molecular weight is 483 g/mol. The highest BCUT2D eigenvalue weighted by Crippen LogP contribution is 2.29. The van der Waals surface area contributed by atoms with Crippen LogP contribution < -0.4 is 5.69 Å². The van der Waals surface area contributed by atoms with E-state index in [9.17, 15) is 9.59 Å². The molecule has 5 rings (SSSR count). The lowest BCUT2D eigenvalue weighted by atomic mass is 9.89. The number of amides is 1. The number of hydrogen-bond donors (Lipinski definition) is 2. The molecule has 1 fully saturated rings. The second-order valence-electron chi connectivity index (χ2n) is 9.82. The molecule has 0 unspecified atom stereocenters. The molecule has 36 heavy (non-hydrogen) atoms. The Hall–Kier alpha value is -3.64. The first-order valence-corrected chi connectivity index (χ1v) is 12.9. The third kappa shape index (κ3) is 6.13. The summed E-state index contributed by atoms with van der Waals surface area (Å²) in [6, 6.07) is 27.2. The molecule has 1 aliphatic rings. The minimum Gasteiger partial charge on any atom is -0.343 e. The van der Waals surface area contributed by atoms with Crippen LogP contribution in [0.2, 0.25) is 0 Å². The molecule has 2 N–H and O–H groups in total. The van der Waals surface area contributed by atoms with Crippen molar-refractivity contribution < 1.29 is 4.79 Å². The van der Waals surface area contributed by atoms with Crippen LogP contribution in [0.15, 0.2) is 83.7 Å². The van der Waals surface area contributed by atoms with Gasteiger partial charge in [-0.1, -0.05) is 66.7 Å². The summed E-state index contributed by atoms with van der Waals surface area (Å²) in [5, 5.41) is 0. The lowest BCUT2D eigenvalue weighted by Gasteiger charge is -2.32. The van der Waals surface area contributed by atoms with E-state index in [0.29, 0.717) is 12.3 Å². The second kappa shape index (κ2) is 11.4. The van der Waals surface area contributed by atoms with Crippen molar-refractivity contribution in [2.45, 2.75) is 44.7 Å². The van der Waals surface area contributed by atoms with Gasteiger partial charge in [0, 0.05) is 32.6 Å². The topological polar surface area (TPSA) is 72.2 Å². The number of aromatic amines is 2. The largest absolute Gasteiger partial charge is 0.343 e. The predicted octanol–water partition coefficient (Wildman–Crippen LogP) is 5.04. The zero-order valence-corrected chi connectivity index (χ0v) is 20.7. The van der Waals surface area contributed by atoms with Crippen molar-refractivity contribution in [3.05, 3.63) is 106 Å². The lowest BCUT2D eigenvalue weighted by molar-refractivity contribution is -0.132. The number of nitrogens with zero attached hydrogens (tertiary/aromatic N) is 2. The Morgan fingerprint density at radius 2 is 1.44 bits per heavy atom. The normalized spacial score (nSPS) is 14.5. The molecule has 3 aromatic carbocycles. The Morgan fingerprint density at radius 1 is 0.833 bits per heavy atom. The smallest absolute Gasteiger partial charge is 0.323 e. The number of fused-ring (bicyclic) bond motifs is 1. The van der Waals surface area contributed by atoms with Crippen LogP contribution in [0.4, 0.5) is 0 Å². The SMILES string of the molecule is O=C(CCCN(Cc1ccccc1)Cc1ccccc1)N1CCC(c2ccc3[nH]c(=O)[nH]c3c2)CC1. The summed E-state index contributed by atoms with van der Waals surface area (Å²) < 4.78 is 0. The molecule has 1 aliphatic heterocycles. The van der Waals surface area contributed by atoms with E-state index in [0.717, 1.165) is 63.0 Å². The van der Waals surface area contributed by atoms with Gasteiger partial charge in [-0.2, -0.15) is 0 Å². The zero-order valence-electron chi connectivity index (χ0n) is 20.7. The van der Waals surface area contributed by atoms with Gasteiger partial charge in [-0.05, 0) is 60.5 Å². The molecular weight excluding hydrogens is 448 g/mol. The number of imidazole rings is 1. The third-order valence-electron chi connectivity index (χ3n) is 7.22. The fourth-order valence-electron chi connectivity index (χ4n) is 5.28. The van der Waals surface area contributed by atoms with Gasteiger partial charge in [0.1, 0.15) is 0 Å². The highest BCUT2D eigenvalue weighted by molar-refractivity contribution is 5.76. The van der Waals surface area contributed by atoms with Crippen LogP contribution in [0.3, 0.4) is 0 Å². The van der Waals surface area contributed by atoms with Crippen LogP contribution in [-0.4, -0.2) is 45.3 Å². The van der Waals surface area contributed by atoms with E-state index < -0.39 is 0 Å². The van der Waals surface area contributed by atoms with Gasteiger partial charge in [0.15, 0.2) is 0 Å². The van der Waals surface area contributed by atoms with Crippen molar-refractivity contribution in [1.29, 1.82) is 0 Å².